The molecule has 31 heavy (non-hydrogen) atoms. The molecule has 2 fully saturated rings. The monoisotopic (exact) mass is 424 g/mol. The third kappa shape index (κ3) is 4.89. The number of nitrogens with zero attached hydrogens (tertiary/aromatic N) is 1. The number of ether oxygens (including phenoxy) is 1. The first-order chi connectivity index (χ1) is 15.1. The van der Waals surface area contributed by atoms with Gasteiger partial charge in [0.2, 0.25) is 0 Å². The van der Waals surface area contributed by atoms with Crippen LogP contribution in [0.2, 0.25) is 0 Å². The molecule has 0 radical (unpaired) electrons. The van der Waals surface area contributed by atoms with E-state index in [-0.39, 0.29) is 5.92 Å². The highest BCUT2D eigenvalue weighted by molar-refractivity contribution is 5.52. The summed E-state index contributed by atoms with van der Waals surface area (Å²) in [5.41, 5.74) is 1.18. The quantitative estimate of drug-likeness (QED) is 0.683. The standard InChI is InChI=1S/C26H36N2O3/c1-20(28-15-13-27-14-16-28)24-11-5-4-9-22(18-23-10-7-17-31-23)26(24,29)19-21-8-3-6-12-25(21)30-2/h3,6-8,10,12,17-18,20,24,27,29H,4-5,9,11,13-16,19H2,1-2H3. The molecule has 168 valence electrons. The molecule has 2 aliphatic rings. The summed E-state index contributed by atoms with van der Waals surface area (Å²) in [6, 6.07) is 12.3. The minimum atomic E-state index is -0.956. The summed E-state index contributed by atoms with van der Waals surface area (Å²) in [4.78, 5) is 2.55. The lowest BCUT2D eigenvalue weighted by atomic mass is 9.71. The second-order valence-corrected chi connectivity index (χ2v) is 8.98. The molecule has 3 atom stereocenters. The van der Waals surface area contributed by atoms with Gasteiger partial charge in [-0.2, -0.15) is 0 Å². The van der Waals surface area contributed by atoms with Gasteiger partial charge in [-0.1, -0.05) is 24.6 Å². The molecule has 3 unspecified atom stereocenters. The Kier molecular flexibility index (Phi) is 7.16. The summed E-state index contributed by atoms with van der Waals surface area (Å²) in [5.74, 6) is 1.79. The van der Waals surface area contributed by atoms with Crippen molar-refractivity contribution in [3.05, 3.63) is 59.6 Å². The lowest BCUT2D eigenvalue weighted by molar-refractivity contribution is -0.0278. The summed E-state index contributed by atoms with van der Waals surface area (Å²) in [5, 5.41) is 16.0. The summed E-state index contributed by atoms with van der Waals surface area (Å²) in [7, 11) is 1.70. The van der Waals surface area contributed by atoms with E-state index in [0.29, 0.717) is 12.5 Å². The zero-order valence-corrected chi connectivity index (χ0v) is 18.8. The first-order valence-electron chi connectivity index (χ1n) is 11.7. The predicted octanol–water partition coefficient (Wildman–Crippen LogP) is 4.13. The van der Waals surface area contributed by atoms with Gasteiger partial charge in [-0.15, -0.1) is 0 Å². The van der Waals surface area contributed by atoms with Gasteiger partial charge in [-0.25, -0.2) is 0 Å². The van der Waals surface area contributed by atoms with Gasteiger partial charge in [0.25, 0.3) is 0 Å². The van der Waals surface area contributed by atoms with E-state index in [4.69, 9.17) is 9.15 Å². The topological polar surface area (TPSA) is 57.9 Å². The molecular weight excluding hydrogens is 388 g/mol. The van der Waals surface area contributed by atoms with Crippen LogP contribution in [0.15, 0.2) is 52.7 Å². The van der Waals surface area contributed by atoms with Crippen LogP contribution >= 0.6 is 0 Å². The van der Waals surface area contributed by atoms with Crippen molar-refractivity contribution < 1.29 is 14.3 Å². The Morgan fingerprint density at radius 2 is 2.03 bits per heavy atom. The van der Waals surface area contributed by atoms with Crippen molar-refractivity contribution in [2.45, 2.75) is 50.7 Å². The van der Waals surface area contributed by atoms with Gasteiger partial charge in [-0.3, -0.25) is 4.90 Å². The smallest absolute Gasteiger partial charge is 0.126 e. The summed E-state index contributed by atoms with van der Waals surface area (Å²) >= 11 is 0. The number of benzene rings is 1. The number of methoxy groups -OCH3 is 1. The van der Waals surface area contributed by atoms with Gasteiger partial charge in [0, 0.05) is 44.6 Å². The van der Waals surface area contributed by atoms with E-state index in [1.807, 2.05) is 30.3 Å². The van der Waals surface area contributed by atoms with E-state index in [0.717, 1.165) is 74.5 Å². The highest BCUT2D eigenvalue weighted by Gasteiger charge is 2.45. The maximum atomic E-state index is 12.5. The molecule has 2 heterocycles. The van der Waals surface area contributed by atoms with E-state index in [1.54, 1.807) is 13.4 Å². The van der Waals surface area contributed by atoms with Crippen LogP contribution in [0.25, 0.3) is 6.08 Å². The van der Waals surface area contributed by atoms with Crippen molar-refractivity contribution in [2.24, 2.45) is 5.92 Å². The van der Waals surface area contributed by atoms with E-state index < -0.39 is 5.60 Å². The van der Waals surface area contributed by atoms with Crippen molar-refractivity contribution in [3.63, 3.8) is 0 Å². The minimum Gasteiger partial charge on any atom is -0.496 e. The Hall–Kier alpha value is -2.08. The largest absolute Gasteiger partial charge is 0.496 e. The van der Waals surface area contributed by atoms with Crippen LogP contribution in [0.1, 0.15) is 43.9 Å². The van der Waals surface area contributed by atoms with Crippen LogP contribution in [0.4, 0.5) is 0 Å². The molecule has 2 aromatic rings. The van der Waals surface area contributed by atoms with Crippen molar-refractivity contribution >= 4 is 6.08 Å². The predicted molar refractivity (Wildman–Crippen MR) is 124 cm³/mol. The lowest BCUT2D eigenvalue weighted by Crippen LogP contribution is -2.55. The number of aliphatic hydroxyl groups is 1. The summed E-state index contributed by atoms with van der Waals surface area (Å²) in [6.07, 6.45) is 8.45. The molecule has 4 rings (SSSR count). The van der Waals surface area contributed by atoms with Crippen molar-refractivity contribution in [1.29, 1.82) is 0 Å². The summed E-state index contributed by atoms with van der Waals surface area (Å²) in [6.45, 7) is 6.38. The second-order valence-electron chi connectivity index (χ2n) is 8.98. The number of furan rings is 1. The number of para-hydroxylation sites is 1. The van der Waals surface area contributed by atoms with Crippen LogP contribution in [-0.2, 0) is 6.42 Å². The normalized spacial score (nSPS) is 27.7. The fraction of sp³-hybridized carbons (Fsp3) is 0.538. The molecule has 1 saturated heterocycles. The average molecular weight is 425 g/mol. The SMILES string of the molecule is COc1ccccc1CC1(O)C(=Cc2ccco2)CCCCC1C(C)N1CCNCC1. The molecular formula is C26H36N2O3. The third-order valence-corrected chi connectivity index (χ3v) is 7.20. The van der Waals surface area contributed by atoms with Crippen molar-refractivity contribution in [3.8, 4) is 5.75 Å². The molecule has 0 spiro atoms. The molecule has 1 aliphatic carbocycles. The molecule has 1 aliphatic heterocycles. The number of hydrogen-bond donors (Lipinski definition) is 2. The average Bonchev–Trinajstić information content (AvgIpc) is 3.26. The third-order valence-electron chi connectivity index (χ3n) is 7.20. The molecule has 2 N–H and O–H groups in total. The van der Waals surface area contributed by atoms with E-state index >= 15 is 0 Å². The highest BCUT2D eigenvalue weighted by atomic mass is 16.5. The van der Waals surface area contributed by atoms with Gasteiger partial charge >= 0.3 is 0 Å². The Bertz CT molecular complexity index is 857. The molecule has 5 heteroatoms. The van der Waals surface area contributed by atoms with Crippen molar-refractivity contribution in [2.75, 3.05) is 33.3 Å². The maximum Gasteiger partial charge on any atom is 0.126 e. The van der Waals surface area contributed by atoms with Gasteiger partial charge in [0.15, 0.2) is 0 Å². The molecule has 1 aromatic heterocycles. The number of hydrogen-bond acceptors (Lipinski definition) is 5. The number of rotatable bonds is 6. The highest BCUT2D eigenvalue weighted by Crippen LogP contribution is 2.44. The fourth-order valence-electron chi connectivity index (χ4n) is 5.48. The minimum absolute atomic E-state index is 0.138. The van der Waals surface area contributed by atoms with Gasteiger partial charge < -0.3 is 19.6 Å². The lowest BCUT2D eigenvalue weighted by Gasteiger charge is -2.45. The first-order valence-corrected chi connectivity index (χ1v) is 11.7. The zero-order chi connectivity index (χ0) is 21.7. The fourth-order valence-corrected chi connectivity index (χ4v) is 5.48. The summed E-state index contributed by atoms with van der Waals surface area (Å²) < 4.78 is 11.3. The van der Waals surface area contributed by atoms with E-state index in [1.165, 1.54) is 0 Å². The molecule has 1 aromatic carbocycles. The van der Waals surface area contributed by atoms with Crippen LogP contribution in [0.3, 0.4) is 0 Å². The van der Waals surface area contributed by atoms with Crippen LogP contribution in [-0.4, -0.2) is 54.9 Å². The van der Waals surface area contributed by atoms with Gasteiger partial charge in [-0.05, 0) is 61.6 Å². The molecule has 0 bridgehead atoms. The Morgan fingerprint density at radius 3 is 2.77 bits per heavy atom. The van der Waals surface area contributed by atoms with E-state index in [2.05, 4.69) is 29.3 Å². The molecule has 5 nitrogen and oxygen atoms in total. The molecule has 1 saturated carbocycles. The number of piperazine rings is 1. The van der Waals surface area contributed by atoms with Gasteiger partial charge in [0.1, 0.15) is 11.5 Å². The van der Waals surface area contributed by atoms with Gasteiger partial charge in [0.05, 0.1) is 19.0 Å². The zero-order valence-electron chi connectivity index (χ0n) is 18.8. The second kappa shape index (κ2) is 10.0. The number of nitrogens with one attached hydrogen (secondary N) is 1. The molecule has 0 amide bonds. The van der Waals surface area contributed by atoms with Crippen molar-refractivity contribution in [1.82, 2.24) is 10.2 Å². The van der Waals surface area contributed by atoms with Crippen LogP contribution in [0.5, 0.6) is 5.75 Å². The maximum absolute atomic E-state index is 12.5. The first kappa shape index (κ1) is 22.1. The Morgan fingerprint density at radius 1 is 1.23 bits per heavy atom. The van der Waals surface area contributed by atoms with Crippen LogP contribution < -0.4 is 10.1 Å². The van der Waals surface area contributed by atoms with E-state index in [9.17, 15) is 5.11 Å². The van der Waals surface area contributed by atoms with Crippen LogP contribution in [0, 0.1) is 5.92 Å². The Labute approximate surface area is 186 Å². The Balaban J connectivity index is 1.75.